The number of nitrogens with two attached hydrogens (primary N) is 1. The maximum absolute atomic E-state index is 6.00. The summed E-state index contributed by atoms with van der Waals surface area (Å²) >= 11 is 1.83. The van der Waals surface area contributed by atoms with Crippen LogP contribution in [0.25, 0.3) is 0 Å². The summed E-state index contributed by atoms with van der Waals surface area (Å²) in [4.78, 5) is 11.2. The van der Waals surface area contributed by atoms with Crippen LogP contribution in [0.3, 0.4) is 0 Å². The Balaban J connectivity index is 3.14. The van der Waals surface area contributed by atoms with Crippen molar-refractivity contribution in [3.05, 3.63) is 11.4 Å². The minimum Gasteiger partial charge on any atom is -0.383 e. The van der Waals surface area contributed by atoms with E-state index in [-0.39, 0.29) is 5.41 Å². The van der Waals surface area contributed by atoms with E-state index in [1.54, 1.807) is 0 Å². The highest BCUT2D eigenvalue weighted by Crippen LogP contribution is 2.26. The molecule has 0 aliphatic heterocycles. The predicted molar refractivity (Wildman–Crippen MR) is 81.5 cm³/mol. The molecule has 0 aromatic carbocycles. The van der Waals surface area contributed by atoms with Crippen molar-refractivity contribution in [3.63, 3.8) is 0 Å². The van der Waals surface area contributed by atoms with Crippen molar-refractivity contribution in [2.45, 2.75) is 33.1 Å². The second-order valence-corrected chi connectivity index (χ2v) is 6.53. The van der Waals surface area contributed by atoms with E-state index in [0.29, 0.717) is 5.82 Å². The molecule has 1 aromatic heterocycles. The van der Waals surface area contributed by atoms with Gasteiger partial charge in [0.05, 0.1) is 0 Å². The molecule has 1 heterocycles. The Labute approximate surface area is 114 Å². The zero-order valence-corrected chi connectivity index (χ0v) is 13.1. The maximum atomic E-state index is 6.00. The molecule has 18 heavy (non-hydrogen) atoms. The Hall–Kier alpha value is -0.970. The highest BCUT2D eigenvalue weighted by molar-refractivity contribution is 7.98. The smallest absolute Gasteiger partial charge is 0.138 e. The lowest BCUT2D eigenvalue weighted by Crippen LogP contribution is -2.26. The molecule has 0 spiro atoms. The number of hydrogen-bond donors (Lipinski definition) is 1. The molecule has 0 fully saturated rings. The van der Waals surface area contributed by atoms with Crippen LogP contribution in [0.2, 0.25) is 0 Å². The van der Waals surface area contributed by atoms with E-state index in [9.17, 15) is 0 Å². The minimum absolute atomic E-state index is 0.0864. The molecule has 0 amide bonds. The van der Waals surface area contributed by atoms with Gasteiger partial charge in [0, 0.05) is 30.3 Å². The Morgan fingerprint density at radius 1 is 1.28 bits per heavy atom. The van der Waals surface area contributed by atoms with Gasteiger partial charge in [0.1, 0.15) is 17.5 Å². The van der Waals surface area contributed by atoms with Gasteiger partial charge in [-0.25, -0.2) is 9.97 Å². The third-order valence-corrected chi connectivity index (χ3v) is 3.41. The number of hydrogen-bond acceptors (Lipinski definition) is 5. The van der Waals surface area contributed by atoms with E-state index < -0.39 is 0 Å². The predicted octanol–water partition coefficient (Wildman–Crippen LogP) is 2.46. The zero-order valence-electron chi connectivity index (χ0n) is 12.2. The molecule has 0 radical (unpaired) electrons. The van der Waals surface area contributed by atoms with Gasteiger partial charge in [0.2, 0.25) is 0 Å². The number of anilines is 2. The second-order valence-electron chi connectivity index (χ2n) is 5.55. The number of rotatable bonds is 4. The summed E-state index contributed by atoms with van der Waals surface area (Å²) in [5.41, 5.74) is 6.88. The van der Waals surface area contributed by atoms with Crippen LogP contribution < -0.4 is 10.6 Å². The summed E-state index contributed by atoms with van der Waals surface area (Å²) in [6, 6.07) is 0. The molecular formula is C13H24N4S. The largest absolute Gasteiger partial charge is 0.383 e. The Morgan fingerprint density at radius 2 is 1.89 bits per heavy atom. The van der Waals surface area contributed by atoms with Crippen molar-refractivity contribution < 1.29 is 0 Å². The van der Waals surface area contributed by atoms with Crippen molar-refractivity contribution in [1.82, 2.24) is 9.97 Å². The fourth-order valence-corrected chi connectivity index (χ4v) is 2.02. The number of thioether (sulfide) groups is 1. The van der Waals surface area contributed by atoms with E-state index in [1.807, 2.05) is 18.7 Å². The average Bonchev–Trinajstić information content (AvgIpc) is 2.27. The molecule has 1 rings (SSSR count). The first-order valence-corrected chi connectivity index (χ1v) is 7.51. The molecule has 5 heteroatoms. The number of nitrogen functional groups attached to an aromatic ring is 1. The van der Waals surface area contributed by atoms with Crippen molar-refractivity contribution >= 4 is 23.4 Å². The Bertz CT molecular complexity index is 412. The summed E-state index contributed by atoms with van der Waals surface area (Å²) in [7, 11) is 2.05. The number of aromatic nitrogens is 2. The van der Waals surface area contributed by atoms with Gasteiger partial charge in [-0.3, -0.25) is 0 Å². The summed E-state index contributed by atoms with van der Waals surface area (Å²) in [5.74, 6) is 3.41. The summed E-state index contributed by atoms with van der Waals surface area (Å²) in [6.45, 7) is 9.24. The van der Waals surface area contributed by atoms with Gasteiger partial charge in [0.15, 0.2) is 0 Å². The van der Waals surface area contributed by atoms with Crippen LogP contribution >= 0.6 is 11.8 Å². The van der Waals surface area contributed by atoms with Gasteiger partial charge in [-0.15, -0.1) is 0 Å². The standard InChI is InChI=1S/C13H24N4S/c1-9-10(14)15-12(13(2,3)4)16-11(9)17(5)7-8-18-6/h7-8H2,1-6H3,(H2,14,15,16). The van der Waals surface area contributed by atoms with Crippen molar-refractivity contribution in [2.24, 2.45) is 0 Å². The molecule has 4 nitrogen and oxygen atoms in total. The van der Waals surface area contributed by atoms with Crippen molar-refractivity contribution in [1.29, 1.82) is 0 Å². The molecule has 0 aliphatic rings. The maximum Gasteiger partial charge on any atom is 0.138 e. The molecule has 0 aliphatic carbocycles. The quantitative estimate of drug-likeness (QED) is 0.909. The lowest BCUT2D eigenvalue weighted by atomic mass is 9.95. The molecule has 0 unspecified atom stereocenters. The van der Waals surface area contributed by atoms with Crippen LogP contribution in [-0.4, -0.2) is 35.6 Å². The van der Waals surface area contributed by atoms with Gasteiger partial charge < -0.3 is 10.6 Å². The fourth-order valence-electron chi connectivity index (χ4n) is 1.56. The van der Waals surface area contributed by atoms with E-state index in [0.717, 1.165) is 29.5 Å². The highest BCUT2D eigenvalue weighted by atomic mass is 32.2. The van der Waals surface area contributed by atoms with Gasteiger partial charge in [-0.05, 0) is 13.2 Å². The first-order chi connectivity index (χ1) is 8.27. The summed E-state index contributed by atoms with van der Waals surface area (Å²) in [6.07, 6.45) is 2.11. The van der Waals surface area contributed by atoms with E-state index in [2.05, 4.69) is 48.9 Å². The molecule has 102 valence electrons. The minimum atomic E-state index is -0.0864. The first-order valence-electron chi connectivity index (χ1n) is 6.12. The summed E-state index contributed by atoms with van der Waals surface area (Å²) < 4.78 is 0. The molecule has 0 atom stereocenters. The monoisotopic (exact) mass is 268 g/mol. The van der Waals surface area contributed by atoms with Gasteiger partial charge in [-0.1, -0.05) is 20.8 Å². The molecular weight excluding hydrogens is 244 g/mol. The first kappa shape index (κ1) is 15.1. The SMILES string of the molecule is CSCCN(C)c1nc(C(C)(C)C)nc(N)c1C. The molecule has 0 bridgehead atoms. The average molecular weight is 268 g/mol. The van der Waals surface area contributed by atoms with Gasteiger partial charge in [0.25, 0.3) is 0 Å². The third kappa shape index (κ3) is 3.51. The normalized spacial score (nSPS) is 11.7. The van der Waals surface area contributed by atoms with E-state index in [4.69, 9.17) is 5.73 Å². The van der Waals surface area contributed by atoms with Crippen LogP contribution in [0.15, 0.2) is 0 Å². The number of nitrogens with zero attached hydrogens (tertiary/aromatic N) is 3. The van der Waals surface area contributed by atoms with Crippen LogP contribution in [0.1, 0.15) is 32.2 Å². The molecule has 0 saturated heterocycles. The van der Waals surface area contributed by atoms with Crippen molar-refractivity contribution in [3.8, 4) is 0 Å². The lowest BCUT2D eigenvalue weighted by molar-refractivity contribution is 0.545. The van der Waals surface area contributed by atoms with E-state index >= 15 is 0 Å². The molecule has 2 N–H and O–H groups in total. The van der Waals surface area contributed by atoms with Crippen LogP contribution in [0, 0.1) is 6.92 Å². The van der Waals surface area contributed by atoms with Crippen LogP contribution in [0.5, 0.6) is 0 Å². The third-order valence-electron chi connectivity index (χ3n) is 2.82. The highest BCUT2D eigenvalue weighted by Gasteiger charge is 2.21. The van der Waals surface area contributed by atoms with Gasteiger partial charge in [-0.2, -0.15) is 11.8 Å². The van der Waals surface area contributed by atoms with Crippen LogP contribution in [-0.2, 0) is 5.41 Å². The molecule has 0 saturated carbocycles. The zero-order chi connectivity index (χ0) is 13.9. The van der Waals surface area contributed by atoms with Crippen molar-refractivity contribution in [2.75, 3.05) is 36.2 Å². The van der Waals surface area contributed by atoms with Crippen LogP contribution in [0.4, 0.5) is 11.6 Å². The topological polar surface area (TPSA) is 55.0 Å². The fraction of sp³-hybridized carbons (Fsp3) is 0.692. The summed E-state index contributed by atoms with van der Waals surface area (Å²) in [5, 5.41) is 0. The second kappa shape index (κ2) is 5.78. The molecule has 1 aromatic rings. The van der Waals surface area contributed by atoms with E-state index in [1.165, 1.54) is 0 Å². The Kier molecular flexibility index (Phi) is 4.85. The lowest BCUT2D eigenvalue weighted by Gasteiger charge is -2.24. The van der Waals surface area contributed by atoms with Gasteiger partial charge >= 0.3 is 0 Å². The Morgan fingerprint density at radius 3 is 2.39 bits per heavy atom.